The van der Waals surface area contributed by atoms with E-state index in [4.69, 9.17) is 9.47 Å². The lowest BCUT2D eigenvalue weighted by atomic mass is 10.0. The molecule has 1 aliphatic heterocycles. The van der Waals surface area contributed by atoms with Gasteiger partial charge in [-0.25, -0.2) is 5.43 Å². The summed E-state index contributed by atoms with van der Waals surface area (Å²) in [5.74, 6) is 0.846. The number of fused-ring (bicyclic) bond motifs is 1. The first-order valence-electron chi connectivity index (χ1n) is 9.54. The van der Waals surface area contributed by atoms with Crippen LogP contribution in [-0.2, 0) is 16.0 Å². The highest BCUT2D eigenvalue weighted by molar-refractivity contribution is 5.96. The number of amides is 2. The summed E-state index contributed by atoms with van der Waals surface area (Å²) in [6, 6.07) is 13.2. The van der Waals surface area contributed by atoms with Crippen molar-refractivity contribution >= 4 is 23.7 Å². The van der Waals surface area contributed by atoms with Crippen molar-refractivity contribution in [3.8, 4) is 11.5 Å². The molecule has 0 spiro atoms. The molecule has 0 aliphatic carbocycles. The summed E-state index contributed by atoms with van der Waals surface area (Å²) < 4.78 is 10.4. The second-order valence-corrected chi connectivity index (χ2v) is 6.69. The highest BCUT2D eigenvalue weighted by atomic mass is 16.5. The van der Waals surface area contributed by atoms with Crippen LogP contribution >= 0.6 is 0 Å². The van der Waals surface area contributed by atoms with Gasteiger partial charge in [-0.2, -0.15) is 5.10 Å². The zero-order valence-electron chi connectivity index (χ0n) is 16.7. The number of carbonyl (C=O) groups excluding carboxylic acids is 2. The smallest absolute Gasteiger partial charge is 0.240 e. The van der Waals surface area contributed by atoms with Crippen molar-refractivity contribution in [3.05, 3.63) is 53.6 Å². The van der Waals surface area contributed by atoms with E-state index in [1.807, 2.05) is 24.3 Å². The van der Waals surface area contributed by atoms with Crippen LogP contribution in [0.3, 0.4) is 0 Å². The summed E-state index contributed by atoms with van der Waals surface area (Å²) in [5.41, 5.74) is 5.35. The third kappa shape index (κ3) is 5.13. The third-order valence-corrected chi connectivity index (χ3v) is 4.79. The molecule has 7 heteroatoms. The molecule has 3 rings (SSSR count). The van der Waals surface area contributed by atoms with Crippen LogP contribution < -0.4 is 19.8 Å². The number of nitrogens with zero attached hydrogens (tertiary/aromatic N) is 2. The van der Waals surface area contributed by atoms with Gasteiger partial charge >= 0.3 is 0 Å². The van der Waals surface area contributed by atoms with Gasteiger partial charge in [0.2, 0.25) is 11.8 Å². The Morgan fingerprint density at radius 3 is 2.69 bits per heavy atom. The normalized spacial score (nSPS) is 13.1. The highest BCUT2D eigenvalue weighted by Crippen LogP contribution is 2.28. The second-order valence-electron chi connectivity index (χ2n) is 6.69. The Kier molecular flexibility index (Phi) is 6.84. The average molecular weight is 395 g/mol. The highest BCUT2D eigenvalue weighted by Gasteiger charge is 2.22. The number of aryl methyl sites for hydroxylation is 1. The second kappa shape index (κ2) is 9.73. The van der Waals surface area contributed by atoms with E-state index in [0.717, 1.165) is 24.1 Å². The van der Waals surface area contributed by atoms with Gasteiger partial charge in [0.15, 0.2) is 11.5 Å². The lowest BCUT2D eigenvalue weighted by Crippen LogP contribution is -2.36. The molecule has 0 saturated carbocycles. The SMILES string of the molecule is COc1ccc(C=NNC(=O)CCC(=O)N2CCCc3ccccc32)cc1OC. The number of rotatable bonds is 7. The molecule has 29 heavy (non-hydrogen) atoms. The minimum atomic E-state index is -0.305. The van der Waals surface area contributed by atoms with Gasteiger partial charge in [0.25, 0.3) is 0 Å². The lowest BCUT2D eigenvalue weighted by Gasteiger charge is -2.29. The summed E-state index contributed by atoms with van der Waals surface area (Å²) in [7, 11) is 3.12. The number of para-hydroxylation sites is 1. The van der Waals surface area contributed by atoms with Crippen molar-refractivity contribution in [2.75, 3.05) is 25.7 Å². The largest absolute Gasteiger partial charge is 0.493 e. The van der Waals surface area contributed by atoms with Crippen molar-refractivity contribution in [2.45, 2.75) is 25.7 Å². The van der Waals surface area contributed by atoms with Crippen LogP contribution in [0.15, 0.2) is 47.6 Å². The number of carbonyl (C=O) groups is 2. The number of anilines is 1. The van der Waals surface area contributed by atoms with E-state index >= 15 is 0 Å². The molecule has 0 fully saturated rings. The van der Waals surface area contributed by atoms with Crippen LogP contribution in [0.1, 0.15) is 30.4 Å². The number of methoxy groups -OCH3 is 2. The third-order valence-electron chi connectivity index (χ3n) is 4.79. The maximum absolute atomic E-state index is 12.6. The minimum Gasteiger partial charge on any atom is -0.493 e. The Morgan fingerprint density at radius 1 is 1.10 bits per heavy atom. The average Bonchev–Trinajstić information content (AvgIpc) is 2.76. The van der Waals surface area contributed by atoms with E-state index in [0.29, 0.717) is 18.0 Å². The zero-order valence-corrected chi connectivity index (χ0v) is 16.7. The molecule has 0 saturated heterocycles. The molecule has 7 nitrogen and oxygen atoms in total. The molecule has 1 aliphatic rings. The molecule has 0 atom stereocenters. The number of ether oxygens (including phenoxy) is 2. The quantitative estimate of drug-likeness (QED) is 0.577. The van der Waals surface area contributed by atoms with Crippen LogP contribution in [0.25, 0.3) is 0 Å². The van der Waals surface area contributed by atoms with E-state index < -0.39 is 0 Å². The van der Waals surface area contributed by atoms with Gasteiger partial charge in [-0.05, 0) is 48.2 Å². The molecule has 1 heterocycles. The Hall–Kier alpha value is -3.35. The van der Waals surface area contributed by atoms with Gasteiger partial charge in [-0.1, -0.05) is 18.2 Å². The molecular weight excluding hydrogens is 370 g/mol. The Morgan fingerprint density at radius 2 is 1.90 bits per heavy atom. The van der Waals surface area contributed by atoms with Gasteiger partial charge in [0, 0.05) is 25.1 Å². The lowest BCUT2D eigenvalue weighted by molar-refractivity contribution is -0.125. The first kappa shape index (κ1) is 20.4. The Balaban J connectivity index is 1.50. The molecule has 2 aromatic carbocycles. The van der Waals surface area contributed by atoms with Crippen molar-refractivity contribution in [2.24, 2.45) is 5.10 Å². The number of hydrazone groups is 1. The van der Waals surface area contributed by atoms with Crippen molar-refractivity contribution in [1.82, 2.24) is 5.43 Å². The fraction of sp³-hybridized carbons (Fsp3) is 0.318. The molecule has 0 radical (unpaired) electrons. The number of hydrogen-bond donors (Lipinski definition) is 1. The fourth-order valence-corrected chi connectivity index (χ4v) is 3.32. The maximum Gasteiger partial charge on any atom is 0.240 e. The van der Waals surface area contributed by atoms with E-state index in [1.54, 1.807) is 37.3 Å². The van der Waals surface area contributed by atoms with Gasteiger partial charge in [0.05, 0.1) is 20.4 Å². The topological polar surface area (TPSA) is 80.2 Å². The predicted octanol–water partition coefficient (Wildman–Crippen LogP) is 2.91. The molecule has 1 N–H and O–H groups in total. The van der Waals surface area contributed by atoms with E-state index in [2.05, 4.69) is 10.5 Å². The summed E-state index contributed by atoms with van der Waals surface area (Å²) in [6.45, 7) is 0.689. The molecule has 152 valence electrons. The number of benzene rings is 2. The van der Waals surface area contributed by atoms with Crippen molar-refractivity contribution < 1.29 is 19.1 Å². The molecule has 0 aromatic heterocycles. The van der Waals surface area contributed by atoms with Gasteiger partial charge < -0.3 is 14.4 Å². The van der Waals surface area contributed by atoms with E-state index in [1.165, 1.54) is 11.8 Å². The maximum atomic E-state index is 12.6. The number of hydrogen-bond acceptors (Lipinski definition) is 5. The predicted molar refractivity (Wildman–Crippen MR) is 112 cm³/mol. The van der Waals surface area contributed by atoms with Gasteiger partial charge in [0.1, 0.15) is 0 Å². The van der Waals surface area contributed by atoms with Crippen LogP contribution in [0.4, 0.5) is 5.69 Å². The van der Waals surface area contributed by atoms with Crippen LogP contribution in [0.5, 0.6) is 11.5 Å². The fourth-order valence-electron chi connectivity index (χ4n) is 3.32. The van der Waals surface area contributed by atoms with E-state index in [9.17, 15) is 9.59 Å². The number of nitrogens with one attached hydrogen (secondary N) is 1. The molecule has 0 bridgehead atoms. The summed E-state index contributed by atoms with van der Waals surface area (Å²) in [5, 5.41) is 3.95. The standard InChI is InChI=1S/C22H25N3O4/c1-28-19-10-9-16(14-20(19)29-2)15-23-24-21(26)11-12-22(27)25-13-5-7-17-6-3-4-8-18(17)25/h3-4,6,8-10,14-15H,5,7,11-13H2,1-2H3,(H,24,26). The molecule has 2 amide bonds. The summed E-state index contributed by atoms with van der Waals surface area (Å²) in [6.07, 6.45) is 3.66. The monoisotopic (exact) mass is 395 g/mol. The first-order valence-corrected chi connectivity index (χ1v) is 9.54. The van der Waals surface area contributed by atoms with E-state index in [-0.39, 0.29) is 24.7 Å². The van der Waals surface area contributed by atoms with Gasteiger partial charge in [-0.3, -0.25) is 9.59 Å². The Bertz CT molecular complexity index is 911. The van der Waals surface area contributed by atoms with Gasteiger partial charge in [-0.15, -0.1) is 0 Å². The molecule has 2 aromatic rings. The zero-order chi connectivity index (χ0) is 20.6. The molecular formula is C22H25N3O4. The summed E-state index contributed by atoms with van der Waals surface area (Å²) in [4.78, 5) is 26.4. The summed E-state index contributed by atoms with van der Waals surface area (Å²) >= 11 is 0. The van der Waals surface area contributed by atoms with Crippen molar-refractivity contribution in [3.63, 3.8) is 0 Å². The van der Waals surface area contributed by atoms with Crippen molar-refractivity contribution in [1.29, 1.82) is 0 Å². The van der Waals surface area contributed by atoms with Crippen LogP contribution in [-0.4, -0.2) is 38.8 Å². The Labute approximate surface area is 170 Å². The minimum absolute atomic E-state index is 0.0452. The molecule has 0 unspecified atom stereocenters. The van der Waals surface area contributed by atoms with Crippen LogP contribution in [0, 0.1) is 0 Å². The first-order chi connectivity index (χ1) is 14.1. The van der Waals surface area contributed by atoms with Crippen LogP contribution in [0.2, 0.25) is 0 Å².